The molecule has 0 saturated carbocycles. The van der Waals surface area contributed by atoms with Crippen LogP contribution in [0, 0.1) is 24.7 Å². The molecule has 2 bridgehead atoms. The number of benzene rings is 3. The first kappa shape index (κ1) is 23.8. The normalized spacial score (nSPS) is 28.4. The molecule has 8 nitrogen and oxygen atoms in total. The molecule has 40 heavy (non-hydrogen) atoms. The van der Waals surface area contributed by atoms with Crippen molar-refractivity contribution < 1.29 is 18.7 Å². The number of aryl methyl sites for hydroxylation is 1. The molecule has 0 N–H and O–H groups in total. The van der Waals surface area contributed by atoms with E-state index >= 15 is 0 Å². The van der Waals surface area contributed by atoms with E-state index in [2.05, 4.69) is 15.9 Å². The van der Waals surface area contributed by atoms with Crippen LogP contribution >= 0.6 is 15.9 Å². The molecular formula is C31H22BrN3O5. The van der Waals surface area contributed by atoms with Gasteiger partial charge in [0.25, 0.3) is 0 Å². The molecule has 6 unspecified atom stereocenters. The zero-order valence-electron chi connectivity index (χ0n) is 21.2. The molecule has 198 valence electrons. The van der Waals surface area contributed by atoms with Gasteiger partial charge in [0.2, 0.25) is 17.2 Å². The molecule has 8 rings (SSSR count). The van der Waals surface area contributed by atoms with Gasteiger partial charge in [-0.05, 0) is 55.5 Å². The van der Waals surface area contributed by atoms with Gasteiger partial charge in [0.05, 0.1) is 64.0 Å². The molecule has 0 radical (unpaired) electrons. The summed E-state index contributed by atoms with van der Waals surface area (Å²) in [6.45, 7) is 1.93. The third kappa shape index (κ3) is 3.16. The summed E-state index contributed by atoms with van der Waals surface area (Å²) in [5.74, 6) is -2.21. The van der Waals surface area contributed by atoms with Crippen LogP contribution < -0.4 is 15.3 Å². The number of halogens is 1. The van der Waals surface area contributed by atoms with Crippen molar-refractivity contribution >= 4 is 55.8 Å². The van der Waals surface area contributed by atoms with Crippen LogP contribution in [0.25, 0.3) is 11.0 Å². The molecule has 3 saturated heterocycles. The van der Waals surface area contributed by atoms with Crippen molar-refractivity contribution in [1.29, 1.82) is 0 Å². The quantitative estimate of drug-likeness (QED) is 0.320. The Bertz CT molecular complexity index is 1820. The van der Waals surface area contributed by atoms with E-state index in [1.165, 1.54) is 11.2 Å². The second kappa shape index (κ2) is 8.46. The summed E-state index contributed by atoms with van der Waals surface area (Å²) in [6.07, 6.45) is 0.300. The first-order valence-electron chi connectivity index (χ1n) is 13.2. The highest BCUT2D eigenvalue weighted by Crippen LogP contribution is 2.56. The van der Waals surface area contributed by atoms with Crippen molar-refractivity contribution in [2.45, 2.75) is 25.2 Å². The van der Waals surface area contributed by atoms with Crippen molar-refractivity contribution in [3.05, 3.63) is 105 Å². The van der Waals surface area contributed by atoms with E-state index in [0.29, 0.717) is 27.9 Å². The molecule has 1 aromatic heterocycles. The third-order valence-corrected chi connectivity index (χ3v) is 9.13. The number of ether oxygens (including phenoxy) is 1. The van der Waals surface area contributed by atoms with E-state index in [-0.39, 0.29) is 23.3 Å². The average Bonchev–Trinajstić information content (AvgIpc) is 3.70. The van der Waals surface area contributed by atoms with Gasteiger partial charge in [0, 0.05) is 4.47 Å². The van der Waals surface area contributed by atoms with E-state index in [0.717, 1.165) is 15.7 Å². The molecule has 4 aromatic rings. The van der Waals surface area contributed by atoms with Crippen LogP contribution in [0.3, 0.4) is 0 Å². The van der Waals surface area contributed by atoms with Crippen LogP contribution in [0.1, 0.15) is 11.1 Å². The second-order valence-electron chi connectivity index (χ2n) is 10.8. The number of hydrazone groups is 1. The largest absolute Gasteiger partial charge is 0.463 e. The molecule has 6 atom stereocenters. The van der Waals surface area contributed by atoms with Gasteiger partial charge < -0.3 is 9.15 Å². The Balaban J connectivity index is 1.26. The van der Waals surface area contributed by atoms with Crippen LogP contribution in [-0.2, 0) is 14.3 Å². The van der Waals surface area contributed by atoms with Gasteiger partial charge in [-0.2, -0.15) is 5.10 Å². The maximum absolute atomic E-state index is 13.8. The summed E-state index contributed by atoms with van der Waals surface area (Å²) >= 11 is 3.42. The van der Waals surface area contributed by atoms with Crippen LogP contribution in [0.15, 0.2) is 97.8 Å². The van der Waals surface area contributed by atoms with Gasteiger partial charge in [0.1, 0.15) is 11.8 Å². The summed E-state index contributed by atoms with van der Waals surface area (Å²) in [4.78, 5) is 42.7. The number of hydrogen-bond acceptors (Lipinski definition) is 7. The fourth-order valence-corrected chi connectivity index (χ4v) is 7.19. The molecule has 0 spiro atoms. The minimum atomic E-state index is -0.655. The lowest BCUT2D eigenvalue weighted by Crippen LogP contribution is -2.50. The number of anilines is 2. The first-order chi connectivity index (χ1) is 19.4. The van der Waals surface area contributed by atoms with Crippen LogP contribution in [0.2, 0.25) is 0 Å². The van der Waals surface area contributed by atoms with Crippen molar-refractivity contribution in [2.24, 2.45) is 22.9 Å². The van der Waals surface area contributed by atoms with Gasteiger partial charge in [-0.1, -0.05) is 45.8 Å². The number of carbonyl (C=O) groups is 2. The molecule has 4 aliphatic rings. The SMILES string of the molecule is Cc1ccc2occ(C3=NN(c4ccccc4)C4C5OC(C6C(=O)N(c7ccc(Br)cc7)C(=O)C56)C34)c(=O)c2c1. The van der Waals surface area contributed by atoms with Crippen molar-refractivity contribution in [3.8, 4) is 0 Å². The van der Waals surface area contributed by atoms with Crippen molar-refractivity contribution in [1.82, 2.24) is 0 Å². The monoisotopic (exact) mass is 595 g/mol. The number of nitrogens with zero attached hydrogens (tertiary/aromatic N) is 3. The average molecular weight is 596 g/mol. The Hall–Kier alpha value is -4.08. The zero-order valence-corrected chi connectivity index (χ0v) is 22.8. The number of fused-ring (bicyclic) bond motifs is 9. The van der Waals surface area contributed by atoms with Gasteiger partial charge in [-0.3, -0.25) is 19.4 Å². The van der Waals surface area contributed by atoms with E-state index in [9.17, 15) is 14.4 Å². The van der Waals surface area contributed by atoms with Crippen LogP contribution in [0.4, 0.5) is 11.4 Å². The van der Waals surface area contributed by atoms with Gasteiger partial charge in [0.15, 0.2) is 0 Å². The number of imide groups is 1. The molecule has 2 amide bonds. The number of carbonyl (C=O) groups excluding carboxylic acids is 2. The highest BCUT2D eigenvalue weighted by molar-refractivity contribution is 9.10. The lowest BCUT2D eigenvalue weighted by molar-refractivity contribution is -0.125. The Kier molecular flexibility index (Phi) is 5.03. The fourth-order valence-electron chi connectivity index (χ4n) is 6.92. The van der Waals surface area contributed by atoms with E-state index < -0.39 is 30.0 Å². The van der Waals surface area contributed by atoms with E-state index in [4.69, 9.17) is 14.3 Å². The summed E-state index contributed by atoms with van der Waals surface area (Å²) in [5.41, 5.74) is 3.50. The van der Waals surface area contributed by atoms with Gasteiger partial charge >= 0.3 is 0 Å². The first-order valence-corrected chi connectivity index (χ1v) is 14.0. The maximum atomic E-state index is 13.8. The number of amides is 2. The summed E-state index contributed by atoms with van der Waals surface area (Å²) in [7, 11) is 0. The zero-order chi connectivity index (χ0) is 27.3. The molecule has 9 heteroatoms. The van der Waals surface area contributed by atoms with E-state index in [1.807, 2.05) is 66.5 Å². The van der Waals surface area contributed by atoms with Gasteiger partial charge in [-0.25, -0.2) is 4.90 Å². The number of para-hydroxylation sites is 1. The summed E-state index contributed by atoms with van der Waals surface area (Å²) in [6, 6.07) is 21.9. The van der Waals surface area contributed by atoms with E-state index in [1.54, 1.807) is 18.2 Å². The lowest BCUT2D eigenvalue weighted by atomic mass is 9.70. The lowest BCUT2D eigenvalue weighted by Gasteiger charge is -2.32. The molecule has 3 aromatic carbocycles. The Morgan fingerprint density at radius 2 is 1.55 bits per heavy atom. The minimum absolute atomic E-state index is 0.179. The molecule has 5 heterocycles. The van der Waals surface area contributed by atoms with Gasteiger partial charge in [-0.15, -0.1) is 0 Å². The number of hydrogen-bond donors (Lipinski definition) is 0. The standard InChI is InChI=1S/C31H22BrN3O5/c1-15-7-12-21-19(13-15)27(36)20(14-39-21)25-24-26(35(33-25)18-5-3-2-4-6-18)29-23-22(28(24)40-29)30(37)34(31(23)38)17-10-8-16(32)9-11-17/h2-14,22-24,26,28-29H,1H3. The smallest absolute Gasteiger partial charge is 0.240 e. The Morgan fingerprint density at radius 3 is 2.30 bits per heavy atom. The predicted molar refractivity (Wildman–Crippen MR) is 152 cm³/mol. The third-order valence-electron chi connectivity index (χ3n) is 8.60. The number of rotatable bonds is 3. The Morgan fingerprint density at radius 1 is 0.825 bits per heavy atom. The maximum Gasteiger partial charge on any atom is 0.240 e. The topological polar surface area (TPSA) is 92.4 Å². The van der Waals surface area contributed by atoms with Crippen LogP contribution in [0.5, 0.6) is 0 Å². The Labute approximate surface area is 237 Å². The minimum Gasteiger partial charge on any atom is -0.463 e. The highest BCUT2D eigenvalue weighted by atomic mass is 79.9. The van der Waals surface area contributed by atoms with Crippen LogP contribution in [-0.4, -0.2) is 35.8 Å². The molecule has 4 aliphatic heterocycles. The molecule has 0 aliphatic carbocycles. The molecule has 3 fully saturated rings. The molecular weight excluding hydrogens is 574 g/mol. The summed E-state index contributed by atoms with van der Waals surface area (Å²) in [5, 5.41) is 7.32. The highest BCUT2D eigenvalue weighted by Gasteiger charge is 2.72. The van der Waals surface area contributed by atoms with Crippen molar-refractivity contribution in [2.75, 3.05) is 9.91 Å². The predicted octanol–water partition coefficient (Wildman–Crippen LogP) is 4.66. The summed E-state index contributed by atoms with van der Waals surface area (Å²) < 4.78 is 13.2. The fraction of sp³-hybridized carbons (Fsp3) is 0.226. The second-order valence-corrected chi connectivity index (χ2v) is 11.7. The van der Waals surface area contributed by atoms with Crippen molar-refractivity contribution in [3.63, 3.8) is 0 Å².